The van der Waals surface area contributed by atoms with Crippen molar-refractivity contribution in [2.45, 2.75) is 19.9 Å². The Balaban J connectivity index is 0.00000304. The fourth-order valence-electron chi connectivity index (χ4n) is 4.28. The summed E-state index contributed by atoms with van der Waals surface area (Å²) in [6.45, 7) is 7.49. The predicted octanol–water partition coefficient (Wildman–Crippen LogP) is 5.08. The number of anilines is 2. The molecule has 0 spiro atoms. The summed E-state index contributed by atoms with van der Waals surface area (Å²) in [6, 6.07) is 18.7. The van der Waals surface area contributed by atoms with E-state index in [0.717, 1.165) is 60.5 Å². The fraction of sp³-hybridized carbons (Fsp3) is 0.296. The molecule has 1 aliphatic heterocycles. The van der Waals surface area contributed by atoms with Crippen molar-refractivity contribution in [1.29, 1.82) is 0 Å². The van der Waals surface area contributed by atoms with E-state index in [0.29, 0.717) is 0 Å². The van der Waals surface area contributed by atoms with E-state index >= 15 is 0 Å². The van der Waals surface area contributed by atoms with Gasteiger partial charge in [0, 0.05) is 30.5 Å². The van der Waals surface area contributed by atoms with Gasteiger partial charge in [0.25, 0.3) is 0 Å². The van der Waals surface area contributed by atoms with E-state index in [-0.39, 0.29) is 18.4 Å². The summed E-state index contributed by atoms with van der Waals surface area (Å²) in [5, 5.41) is 12.4. The number of nitrogens with one attached hydrogen (secondary N) is 1. The maximum absolute atomic E-state index is 5.63. The van der Waals surface area contributed by atoms with Gasteiger partial charge >= 0.3 is 0 Å². The first kappa shape index (κ1) is 25.5. The standard InChI is InChI=1S/C27H30N6O2.ClH/c1-19-17-33(18-28-19)25-9-7-22(16-26(25)34-3)24-8-10-27(31-30-24)29-20(2)21-5-4-6-23(15-21)32-11-13-35-14-12-32;/h4-10,15-18,20H,11-14H2,1-3H3,(H,29,31);1H/t20-;/m0./s1. The van der Waals surface area contributed by atoms with Crippen LogP contribution in [0.4, 0.5) is 11.5 Å². The average Bonchev–Trinajstić information content (AvgIpc) is 3.35. The second-order valence-corrected chi connectivity index (χ2v) is 8.67. The zero-order valence-corrected chi connectivity index (χ0v) is 21.5. The van der Waals surface area contributed by atoms with E-state index in [1.807, 2.05) is 48.0 Å². The number of hydrogen-bond donors (Lipinski definition) is 1. The summed E-state index contributed by atoms with van der Waals surface area (Å²) in [4.78, 5) is 6.67. The van der Waals surface area contributed by atoms with Crippen molar-refractivity contribution in [2.75, 3.05) is 43.6 Å². The Bertz CT molecular complexity index is 1290. The number of benzene rings is 2. The molecule has 5 rings (SSSR count). The molecular formula is C27H31ClN6O2. The maximum Gasteiger partial charge on any atom is 0.149 e. The molecule has 0 aliphatic carbocycles. The van der Waals surface area contributed by atoms with Gasteiger partial charge in [0.15, 0.2) is 0 Å². The quantitative estimate of drug-likeness (QED) is 0.374. The van der Waals surface area contributed by atoms with Crippen LogP contribution in [0, 0.1) is 6.92 Å². The van der Waals surface area contributed by atoms with Crippen molar-refractivity contribution in [2.24, 2.45) is 0 Å². The summed E-state index contributed by atoms with van der Waals surface area (Å²) in [7, 11) is 1.67. The molecule has 0 radical (unpaired) electrons. The van der Waals surface area contributed by atoms with Gasteiger partial charge in [-0.2, -0.15) is 0 Å². The van der Waals surface area contributed by atoms with Crippen LogP contribution in [0.1, 0.15) is 24.2 Å². The molecule has 1 saturated heterocycles. The topological polar surface area (TPSA) is 77.3 Å². The smallest absolute Gasteiger partial charge is 0.149 e. The monoisotopic (exact) mass is 506 g/mol. The van der Waals surface area contributed by atoms with E-state index in [1.54, 1.807) is 13.4 Å². The Morgan fingerprint density at radius 3 is 2.56 bits per heavy atom. The van der Waals surface area contributed by atoms with Crippen LogP contribution in [0.2, 0.25) is 0 Å². The van der Waals surface area contributed by atoms with Gasteiger partial charge in [-0.3, -0.25) is 0 Å². The number of methoxy groups -OCH3 is 1. The molecular weight excluding hydrogens is 476 g/mol. The fourth-order valence-corrected chi connectivity index (χ4v) is 4.28. The molecule has 3 heterocycles. The molecule has 1 N–H and O–H groups in total. The van der Waals surface area contributed by atoms with Crippen molar-refractivity contribution in [3.8, 4) is 22.7 Å². The Hall–Kier alpha value is -3.62. The van der Waals surface area contributed by atoms with Gasteiger partial charge in [0.2, 0.25) is 0 Å². The second kappa shape index (κ2) is 11.4. The lowest BCUT2D eigenvalue weighted by Crippen LogP contribution is -2.36. The summed E-state index contributed by atoms with van der Waals surface area (Å²) >= 11 is 0. The van der Waals surface area contributed by atoms with E-state index < -0.39 is 0 Å². The van der Waals surface area contributed by atoms with Crippen LogP contribution in [-0.4, -0.2) is 53.2 Å². The number of morpholine rings is 1. The SMILES string of the molecule is COc1cc(-c2ccc(N[C@@H](C)c3cccc(N4CCOCC4)c3)nn2)ccc1-n1cnc(C)c1.Cl. The second-order valence-electron chi connectivity index (χ2n) is 8.67. The number of ether oxygens (including phenoxy) is 2. The van der Waals surface area contributed by atoms with E-state index in [9.17, 15) is 0 Å². The summed E-state index contributed by atoms with van der Waals surface area (Å²) in [6.07, 6.45) is 3.75. The van der Waals surface area contributed by atoms with Gasteiger partial charge in [0.1, 0.15) is 11.6 Å². The third-order valence-electron chi connectivity index (χ3n) is 6.24. The molecule has 0 amide bonds. The minimum atomic E-state index is 0. The minimum Gasteiger partial charge on any atom is -0.495 e. The number of hydrogen-bond acceptors (Lipinski definition) is 7. The Labute approximate surface area is 217 Å². The van der Waals surface area contributed by atoms with Gasteiger partial charge in [-0.1, -0.05) is 18.2 Å². The van der Waals surface area contributed by atoms with E-state index in [4.69, 9.17) is 9.47 Å². The molecule has 9 heteroatoms. The molecule has 1 aliphatic rings. The third kappa shape index (κ3) is 5.61. The lowest BCUT2D eigenvalue weighted by atomic mass is 10.1. The maximum atomic E-state index is 5.63. The Morgan fingerprint density at radius 1 is 1.03 bits per heavy atom. The number of nitrogens with zero attached hydrogens (tertiary/aromatic N) is 5. The molecule has 0 bridgehead atoms. The highest BCUT2D eigenvalue weighted by Crippen LogP contribution is 2.29. The highest BCUT2D eigenvalue weighted by Gasteiger charge is 2.14. The normalized spacial score (nSPS) is 14.1. The summed E-state index contributed by atoms with van der Waals surface area (Å²) in [5.74, 6) is 1.48. The van der Waals surface area contributed by atoms with Crippen LogP contribution in [0.15, 0.2) is 67.1 Å². The first-order chi connectivity index (χ1) is 17.1. The predicted molar refractivity (Wildman–Crippen MR) is 145 cm³/mol. The van der Waals surface area contributed by atoms with Gasteiger partial charge in [0.05, 0.1) is 49.8 Å². The first-order valence-corrected chi connectivity index (χ1v) is 11.8. The molecule has 0 saturated carbocycles. The van der Waals surface area contributed by atoms with Crippen molar-refractivity contribution in [1.82, 2.24) is 19.7 Å². The van der Waals surface area contributed by atoms with E-state index in [1.165, 1.54) is 11.3 Å². The van der Waals surface area contributed by atoms with E-state index in [2.05, 4.69) is 56.6 Å². The Kier molecular flexibility index (Phi) is 8.07. The molecule has 4 aromatic rings. The molecule has 1 fully saturated rings. The Morgan fingerprint density at radius 2 is 1.86 bits per heavy atom. The number of halogens is 1. The van der Waals surface area contributed by atoms with Crippen LogP contribution in [-0.2, 0) is 4.74 Å². The van der Waals surface area contributed by atoms with Crippen LogP contribution < -0.4 is 15.0 Å². The van der Waals surface area contributed by atoms with Crippen molar-refractivity contribution < 1.29 is 9.47 Å². The molecule has 2 aromatic carbocycles. The molecule has 36 heavy (non-hydrogen) atoms. The molecule has 1 atom stereocenters. The van der Waals surface area contributed by atoms with Gasteiger partial charge in [-0.15, -0.1) is 22.6 Å². The number of aryl methyl sites for hydroxylation is 1. The largest absolute Gasteiger partial charge is 0.495 e. The highest BCUT2D eigenvalue weighted by atomic mass is 35.5. The molecule has 0 unspecified atom stereocenters. The zero-order valence-electron chi connectivity index (χ0n) is 20.7. The lowest BCUT2D eigenvalue weighted by molar-refractivity contribution is 0.122. The minimum absolute atomic E-state index is 0. The molecule has 2 aromatic heterocycles. The summed E-state index contributed by atoms with van der Waals surface area (Å²) in [5.41, 5.74) is 6.03. The number of imidazole rings is 1. The molecule has 188 valence electrons. The van der Waals surface area contributed by atoms with Crippen molar-refractivity contribution in [3.63, 3.8) is 0 Å². The first-order valence-electron chi connectivity index (χ1n) is 11.8. The van der Waals surface area contributed by atoms with Crippen molar-refractivity contribution in [3.05, 3.63) is 78.4 Å². The lowest BCUT2D eigenvalue weighted by Gasteiger charge is -2.29. The van der Waals surface area contributed by atoms with Crippen LogP contribution in [0.3, 0.4) is 0 Å². The third-order valence-corrected chi connectivity index (χ3v) is 6.24. The van der Waals surface area contributed by atoms with Gasteiger partial charge in [-0.05, 0) is 55.8 Å². The van der Waals surface area contributed by atoms with Gasteiger partial charge < -0.3 is 24.3 Å². The van der Waals surface area contributed by atoms with Crippen LogP contribution in [0.25, 0.3) is 16.9 Å². The number of rotatable bonds is 7. The molecule has 8 nitrogen and oxygen atoms in total. The van der Waals surface area contributed by atoms with Crippen molar-refractivity contribution >= 4 is 23.9 Å². The highest BCUT2D eigenvalue weighted by molar-refractivity contribution is 5.85. The van der Waals surface area contributed by atoms with Crippen LogP contribution in [0.5, 0.6) is 5.75 Å². The number of aromatic nitrogens is 4. The zero-order chi connectivity index (χ0) is 24.2. The summed E-state index contributed by atoms with van der Waals surface area (Å²) < 4.78 is 13.1. The van der Waals surface area contributed by atoms with Gasteiger partial charge in [-0.25, -0.2) is 4.98 Å². The van der Waals surface area contributed by atoms with Crippen LogP contribution >= 0.6 is 12.4 Å². The average molecular weight is 507 g/mol.